The highest BCUT2D eigenvalue weighted by atomic mass is 16.2. The fourth-order valence-corrected chi connectivity index (χ4v) is 4.02. The van der Waals surface area contributed by atoms with Crippen molar-refractivity contribution in [2.45, 2.75) is 33.1 Å². The molecule has 1 aromatic carbocycles. The van der Waals surface area contributed by atoms with Crippen molar-refractivity contribution in [3.8, 4) is 0 Å². The van der Waals surface area contributed by atoms with Gasteiger partial charge < -0.3 is 4.90 Å². The summed E-state index contributed by atoms with van der Waals surface area (Å²) in [5.41, 5.74) is 3.38. The lowest BCUT2D eigenvalue weighted by molar-refractivity contribution is -0.119. The number of aromatic nitrogens is 2. The lowest BCUT2D eigenvalue weighted by Crippen LogP contribution is -2.51. The first-order valence-electron chi connectivity index (χ1n) is 9.78. The molecule has 1 saturated heterocycles. The fourth-order valence-electron chi connectivity index (χ4n) is 4.02. The van der Waals surface area contributed by atoms with E-state index in [2.05, 4.69) is 44.0 Å². The summed E-state index contributed by atoms with van der Waals surface area (Å²) in [7, 11) is 0. The van der Waals surface area contributed by atoms with Gasteiger partial charge in [0.2, 0.25) is 5.91 Å². The SMILES string of the molecule is Cc1cc(N2CCN(CN3C(=O)CCCc4ccccc43)CC2)nc(C)n1. The minimum atomic E-state index is 0.240. The molecular weight excluding hydrogens is 338 g/mol. The predicted molar refractivity (Wildman–Crippen MR) is 107 cm³/mol. The Morgan fingerprint density at radius 2 is 1.78 bits per heavy atom. The molecule has 0 atom stereocenters. The zero-order valence-electron chi connectivity index (χ0n) is 16.2. The molecule has 2 aliphatic heterocycles. The molecule has 27 heavy (non-hydrogen) atoms. The number of nitrogens with zero attached hydrogens (tertiary/aromatic N) is 5. The first kappa shape index (κ1) is 17.9. The average molecular weight is 365 g/mol. The smallest absolute Gasteiger partial charge is 0.228 e. The van der Waals surface area contributed by atoms with Crippen LogP contribution in [-0.2, 0) is 11.2 Å². The molecule has 1 aromatic heterocycles. The first-order chi connectivity index (χ1) is 13.1. The molecule has 2 aromatic rings. The van der Waals surface area contributed by atoms with Crippen molar-refractivity contribution in [1.82, 2.24) is 14.9 Å². The van der Waals surface area contributed by atoms with Gasteiger partial charge in [-0.2, -0.15) is 0 Å². The first-order valence-corrected chi connectivity index (χ1v) is 9.78. The Balaban J connectivity index is 1.44. The molecule has 1 amide bonds. The van der Waals surface area contributed by atoms with Crippen molar-refractivity contribution in [3.05, 3.63) is 47.4 Å². The van der Waals surface area contributed by atoms with Gasteiger partial charge in [0.05, 0.1) is 6.67 Å². The molecule has 142 valence electrons. The van der Waals surface area contributed by atoms with Crippen LogP contribution in [0.5, 0.6) is 0 Å². The van der Waals surface area contributed by atoms with Gasteiger partial charge in [0.1, 0.15) is 11.6 Å². The summed E-state index contributed by atoms with van der Waals surface area (Å²) in [5, 5.41) is 0. The molecule has 0 radical (unpaired) electrons. The third-order valence-electron chi connectivity index (χ3n) is 5.41. The summed E-state index contributed by atoms with van der Waals surface area (Å²) in [6, 6.07) is 10.4. The standard InChI is InChI=1S/C21H27N5O/c1-16-14-20(23-17(2)22-16)25-12-10-24(11-13-25)15-26-19-8-4-3-6-18(19)7-5-9-21(26)27/h3-4,6,8,14H,5,7,9-13,15H2,1-2H3. The quantitative estimate of drug-likeness (QED) is 0.837. The van der Waals surface area contributed by atoms with Crippen LogP contribution in [-0.4, -0.2) is 53.6 Å². The summed E-state index contributed by atoms with van der Waals surface area (Å²) in [6.45, 7) is 8.30. The van der Waals surface area contributed by atoms with Gasteiger partial charge in [0.15, 0.2) is 0 Å². The number of aryl methyl sites for hydroxylation is 3. The summed E-state index contributed by atoms with van der Waals surface area (Å²) in [4.78, 5) is 28.3. The molecule has 0 unspecified atom stereocenters. The number of piperazine rings is 1. The zero-order valence-corrected chi connectivity index (χ0v) is 16.2. The molecule has 1 fully saturated rings. The summed E-state index contributed by atoms with van der Waals surface area (Å²) >= 11 is 0. The number of hydrogen-bond acceptors (Lipinski definition) is 5. The van der Waals surface area contributed by atoms with Crippen LogP contribution in [0.2, 0.25) is 0 Å². The van der Waals surface area contributed by atoms with Crippen molar-refractivity contribution in [1.29, 1.82) is 0 Å². The van der Waals surface area contributed by atoms with Crippen LogP contribution in [0.1, 0.15) is 29.9 Å². The lowest BCUT2D eigenvalue weighted by Gasteiger charge is -2.38. The van der Waals surface area contributed by atoms with E-state index in [9.17, 15) is 4.79 Å². The van der Waals surface area contributed by atoms with E-state index in [-0.39, 0.29) is 5.91 Å². The molecular formula is C21H27N5O. The van der Waals surface area contributed by atoms with E-state index < -0.39 is 0 Å². The molecule has 0 spiro atoms. The number of anilines is 2. The molecule has 6 nitrogen and oxygen atoms in total. The predicted octanol–water partition coefficient (Wildman–Crippen LogP) is 2.54. The minimum Gasteiger partial charge on any atom is -0.354 e. The van der Waals surface area contributed by atoms with Gasteiger partial charge in [0, 0.05) is 50.0 Å². The van der Waals surface area contributed by atoms with E-state index in [0.29, 0.717) is 13.1 Å². The second kappa shape index (κ2) is 7.64. The molecule has 0 aliphatic carbocycles. The molecule has 4 rings (SSSR count). The minimum absolute atomic E-state index is 0.240. The maximum atomic E-state index is 12.7. The molecule has 0 bridgehead atoms. The molecule has 2 aliphatic rings. The Kier molecular flexibility index (Phi) is 5.07. The number of carbonyl (C=O) groups is 1. The highest BCUT2D eigenvalue weighted by Crippen LogP contribution is 2.27. The number of benzene rings is 1. The van der Waals surface area contributed by atoms with Gasteiger partial charge in [0.25, 0.3) is 0 Å². The van der Waals surface area contributed by atoms with E-state index in [1.165, 1.54) is 5.56 Å². The number of amides is 1. The normalized spacial score (nSPS) is 18.4. The van der Waals surface area contributed by atoms with E-state index in [1.54, 1.807) is 0 Å². The van der Waals surface area contributed by atoms with E-state index in [4.69, 9.17) is 0 Å². The van der Waals surface area contributed by atoms with Crippen molar-refractivity contribution in [3.63, 3.8) is 0 Å². The van der Waals surface area contributed by atoms with Crippen molar-refractivity contribution < 1.29 is 4.79 Å². The topological polar surface area (TPSA) is 52.6 Å². The van der Waals surface area contributed by atoms with Gasteiger partial charge in [-0.1, -0.05) is 18.2 Å². The van der Waals surface area contributed by atoms with E-state index in [0.717, 1.165) is 62.0 Å². The Bertz CT molecular complexity index is 809. The van der Waals surface area contributed by atoms with Crippen LogP contribution in [0.25, 0.3) is 0 Å². The van der Waals surface area contributed by atoms with Crippen LogP contribution in [0.3, 0.4) is 0 Å². The molecule has 3 heterocycles. The van der Waals surface area contributed by atoms with Crippen LogP contribution in [0, 0.1) is 13.8 Å². The maximum Gasteiger partial charge on any atom is 0.228 e. The van der Waals surface area contributed by atoms with Gasteiger partial charge in [-0.3, -0.25) is 14.6 Å². The van der Waals surface area contributed by atoms with Gasteiger partial charge in [-0.15, -0.1) is 0 Å². The number of fused-ring (bicyclic) bond motifs is 1. The average Bonchev–Trinajstić information content (AvgIpc) is 2.81. The number of hydrogen-bond donors (Lipinski definition) is 0. The number of carbonyl (C=O) groups excluding carboxylic acids is 1. The second-order valence-electron chi connectivity index (χ2n) is 7.47. The Morgan fingerprint density at radius 1 is 1.00 bits per heavy atom. The van der Waals surface area contributed by atoms with Crippen molar-refractivity contribution in [2.75, 3.05) is 42.6 Å². The fraction of sp³-hybridized carbons (Fsp3) is 0.476. The molecule has 0 saturated carbocycles. The lowest BCUT2D eigenvalue weighted by atomic mass is 10.1. The zero-order chi connectivity index (χ0) is 18.8. The van der Waals surface area contributed by atoms with Crippen LogP contribution in [0.15, 0.2) is 30.3 Å². The van der Waals surface area contributed by atoms with Gasteiger partial charge in [-0.25, -0.2) is 9.97 Å². The molecule has 6 heteroatoms. The third kappa shape index (κ3) is 3.95. The summed E-state index contributed by atoms with van der Waals surface area (Å²) in [5.74, 6) is 2.07. The Hall–Kier alpha value is -2.47. The Morgan fingerprint density at radius 3 is 2.56 bits per heavy atom. The van der Waals surface area contributed by atoms with Crippen LogP contribution in [0.4, 0.5) is 11.5 Å². The highest BCUT2D eigenvalue weighted by Gasteiger charge is 2.26. The third-order valence-corrected chi connectivity index (χ3v) is 5.41. The number of rotatable bonds is 3. The van der Waals surface area contributed by atoms with Gasteiger partial charge in [-0.05, 0) is 38.3 Å². The highest BCUT2D eigenvalue weighted by molar-refractivity contribution is 5.94. The molecule has 0 N–H and O–H groups in total. The monoisotopic (exact) mass is 365 g/mol. The van der Waals surface area contributed by atoms with Gasteiger partial charge >= 0.3 is 0 Å². The Labute approximate surface area is 160 Å². The maximum absolute atomic E-state index is 12.7. The van der Waals surface area contributed by atoms with Crippen LogP contribution >= 0.6 is 0 Å². The van der Waals surface area contributed by atoms with Crippen molar-refractivity contribution in [2.24, 2.45) is 0 Å². The van der Waals surface area contributed by atoms with Crippen molar-refractivity contribution >= 4 is 17.4 Å². The van der Waals surface area contributed by atoms with E-state index in [1.807, 2.05) is 24.8 Å². The second-order valence-corrected chi connectivity index (χ2v) is 7.47. The van der Waals surface area contributed by atoms with Crippen LogP contribution < -0.4 is 9.80 Å². The van der Waals surface area contributed by atoms with E-state index >= 15 is 0 Å². The summed E-state index contributed by atoms with van der Waals surface area (Å²) < 4.78 is 0. The largest absolute Gasteiger partial charge is 0.354 e. The summed E-state index contributed by atoms with van der Waals surface area (Å²) in [6.07, 6.45) is 2.55. The number of para-hydroxylation sites is 1.